The Kier molecular flexibility index (Phi) is 7.31. The van der Waals surface area contributed by atoms with Crippen LogP contribution >= 0.6 is 0 Å². The molecule has 0 amide bonds. The van der Waals surface area contributed by atoms with Crippen molar-refractivity contribution >= 4 is 0 Å². The lowest BCUT2D eigenvalue weighted by Crippen LogP contribution is -1.73. The van der Waals surface area contributed by atoms with Gasteiger partial charge in [0.25, 0.3) is 0 Å². The van der Waals surface area contributed by atoms with Gasteiger partial charge in [-0.25, -0.2) is 0 Å². The van der Waals surface area contributed by atoms with Gasteiger partial charge in [-0.2, -0.15) is 0 Å². The van der Waals surface area contributed by atoms with Crippen molar-refractivity contribution in [2.24, 2.45) is 0 Å². The normalized spacial score (nSPS) is 9.89. The topological polar surface area (TPSA) is 0 Å². The van der Waals surface area contributed by atoms with Crippen LogP contribution < -0.4 is 0 Å². The Hall–Kier alpha value is -1.82. The second-order valence-electron chi connectivity index (χ2n) is 4.09. The molecule has 0 aliphatic heterocycles. The van der Waals surface area contributed by atoms with Gasteiger partial charge in [-0.3, -0.25) is 0 Å². The second kappa shape index (κ2) is 9.23. The van der Waals surface area contributed by atoms with Gasteiger partial charge in [0.05, 0.1) is 0 Å². The Morgan fingerprint density at radius 2 is 1.22 bits per heavy atom. The Bertz CT molecular complexity index is 389. The van der Waals surface area contributed by atoms with Crippen molar-refractivity contribution < 1.29 is 0 Å². The van der Waals surface area contributed by atoms with Crippen LogP contribution in [0, 0.1) is 0 Å². The number of hydrogen-bond acceptors (Lipinski definition) is 0. The maximum absolute atomic E-state index is 2.18. The molecule has 0 N–H and O–H groups in total. The molecule has 18 heavy (non-hydrogen) atoms. The van der Waals surface area contributed by atoms with Crippen LogP contribution in [-0.4, -0.2) is 0 Å². The Balaban J connectivity index is 0.000000232. The van der Waals surface area contributed by atoms with Crippen LogP contribution in [0.3, 0.4) is 0 Å². The summed E-state index contributed by atoms with van der Waals surface area (Å²) >= 11 is 0. The molecule has 0 spiro atoms. The molecule has 0 bridgehead atoms. The molecule has 0 nitrogen and oxygen atoms in total. The van der Waals surface area contributed by atoms with Gasteiger partial charge in [-0.15, -0.1) is 0 Å². The molecule has 0 fully saturated rings. The highest BCUT2D eigenvalue weighted by atomic mass is 14.0. The summed E-state index contributed by atoms with van der Waals surface area (Å²) in [6.45, 7) is 4.23. The van der Waals surface area contributed by atoms with E-state index >= 15 is 0 Å². The van der Waals surface area contributed by atoms with E-state index in [9.17, 15) is 0 Å². The maximum Gasteiger partial charge on any atom is -0.0184 e. The highest BCUT2D eigenvalue weighted by Gasteiger charge is 1.91. The molecule has 0 aliphatic carbocycles. The maximum atomic E-state index is 2.18. The summed E-state index contributed by atoms with van der Waals surface area (Å²) in [5, 5.41) is 0. The van der Waals surface area contributed by atoms with Gasteiger partial charge in [-0.1, -0.05) is 86.2 Å². The average molecular weight is 238 g/mol. The van der Waals surface area contributed by atoms with Crippen LogP contribution in [0.15, 0.2) is 72.8 Å². The third kappa shape index (κ3) is 5.49. The molecule has 0 radical (unpaired) electrons. The third-order valence-electron chi connectivity index (χ3n) is 2.57. The molecule has 0 atom stereocenters. The van der Waals surface area contributed by atoms with Crippen molar-refractivity contribution in [1.29, 1.82) is 0 Å². The van der Waals surface area contributed by atoms with Crippen LogP contribution in [0.25, 0.3) is 11.1 Å². The zero-order chi connectivity index (χ0) is 13.1. The molecule has 0 heterocycles. The number of hydrogen-bond donors (Lipinski definition) is 0. The molecular formula is C18H22. The van der Waals surface area contributed by atoms with E-state index in [1.165, 1.54) is 24.0 Å². The molecule has 2 aromatic rings. The minimum atomic E-state index is 1.23. The lowest BCUT2D eigenvalue weighted by Gasteiger charge is -1.98. The number of allylic oxidation sites excluding steroid dienone is 2. The van der Waals surface area contributed by atoms with Gasteiger partial charge in [0.2, 0.25) is 0 Å². The van der Waals surface area contributed by atoms with E-state index in [4.69, 9.17) is 0 Å². The zero-order valence-electron chi connectivity index (χ0n) is 11.3. The van der Waals surface area contributed by atoms with Gasteiger partial charge < -0.3 is 0 Å². The third-order valence-corrected chi connectivity index (χ3v) is 2.57. The summed E-state index contributed by atoms with van der Waals surface area (Å²) in [7, 11) is 0. The standard InChI is InChI=1S/C12H10.C6H12/c1-3-7-11(8-4-1)12-9-5-2-6-10-12;1-3-5-6-4-2/h1-10H;3,5H,4,6H2,1-2H3. The fourth-order valence-corrected chi connectivity index (χ4v) is 1.59. The molecule has 0 unspecified atom stereocenters. The first-order valence-electron chi connectivity index (χ1n) is 6.60. The van der Waals surface area contributed by atoms with Gasteiger partial charge in [0.1, 0.15) is 0 Å². The van der Waals surface area contributed by atoms with Crippen LogP contribution in [0.4, 0.5) is 0 Å². The summed E-state index contributed by atoms with van der Waals surface area (Å²) in [4.78, 5) is 0. The van der Waals surface area contributed by atoms with Crippen molar-refractivity contribution in [1.82, 2.24) is 0 Å². The zero-order valence-corrected chi connectivity index (χ0v) is 11.3. The van der Waals surface area contributed by atoms with E-state index in [0.29, 0.717) is 0 Å². The van der Waals surface area contributed by atoms with Crippen molar-refractivity contribution in [3.05, 3.63) is 72.8 Å². The molecule has 2 rings (SSSR count). The van der Waals surface area contributed by atoms with Gasteiger partial charge in [0, 0.05) is 0 Å². The van der Waals surface area contributed by atoms with E-state index in [2.05, 4.69) is 74.5 Å². The van der Waals surface area contributed by atoms with Crippen LogP contribution in [0.5, 0.6) is 0 Å². The van der Waals surface area contributed by atoms with Gasteiger partial charge in [-0.05, 0) is 24.5 Å². The molecule has 0 aromatic heterocycles. The van der Waals surface area contributed by atoms with Crippen LogP contribution in [0.1, 0.15) is 26.7 Å². The van der Waals surface area contributed by atoms with E-state index in [-0.39, 0.29) is 0 Å². The minimum absolute atomic E-state index is 1.23. The highest BCUT2D eigenvalue weighted by molar-refractivity contribution is 5.62. The monoisotopic (exact) mass is 238 g/mol. The summed E-state index contributed by atoms with van der Waals surface area (Å²) in [6.07, 6.45) is 6.77. The first-order chi connectivity index (χ1) is 8.88. The summed E-state index contributed by atoms with van der Waals surface area (Å²) < 4.78 is 0. The van der Waals surface area contributed by atoms with Crippen molar-refractivity contribution in [3.63, 3.8) is 0 Å². The molecular weight excluding hydrogens is 216 g/mol. The van der Waals surface area contributed by atoms with Gasteiger partial charge in [0.15, 0.2) is 0 Å². The minimum Gasteiger partial charge on any atom is -0.0917 e. The SMILES string of the molecule is CC=CCCC.c1ccc(-c2ccccc2)cc1. The largest absolute Gasteiger partial charge is 0.0917 e. The molecule has 0 saturated heterocycles. The second-order valence-corrected chi connectivity index (χ2v) is 4.09. The average Bonchev–Trinajstić information content (AvgIpc) is 2.48. The Morgan fingerprint density at radius 1 is 0.778 bits per heavy atom. The van der Waals surface area contributed by atoms with Gasteiger partial charge >= 0.3 is 0 Å². The van der Waals surface area contributed by atoms with E-state index < -0.39 is 0 Å². The summed E-state index contributed by atoms with van der Waals surface area (Å²) in [5.41, 5.74) is 2.55. The predicted molar refractivity (Wildman–Crippen MR) is 81.6 cm³/mol. The van der Waals surface area contributed by atoms with E-state index in [1.54, 1.807) is 0 Å². The number of benzene rings is 2. The van der Waals surface area contributed by atoms with Crippen molar-refractivity contribution in [3.8, 4) is 11.1 Å². The molecule has 0 saturated carbocycles. The van der Waals surface area contributed by atoms with Crippen LogP contribution in [-0.2, 0) is 0 Å². The predicted octanol–water partition coefficient (Wildman–Crippen LogP) is 5.72. The highest BCUT2D eigenvalue weighted by Crippen LogP contribution is 2.17. The first-order valence-corrected chi connectivity index (χ1v) is 6.60. The molecule has 0 aliphatic rings. The summed E-state index contributed by atoms with van der Waals surface area (Å²) in [5.74, 6) is 0. The summed E-state index contributed by atoms with van der Waals surface area (Å²) in [6, 6.07) is 20.8. The molecule has 2 aromatic carbocycles. The van der Waals surface area contributed by atoms with Crippen molar-refractivity contribution in [2.45, 2.75) is 26.7 Å². The lowest BCUT2D eigenvalue weighted by molar-refractivity contribution is 0.957. The fraction of sp³-hybridized carbons (Fsp3) is 0.222. The lowest BCUT2D eigenvalue weighted by atomic mass is 10.1. The molecule has 94 valence electrons. The van der Waals surface area contributed by atoms with Crippen molar-refractivity contribution in [2.75, 3.05) is 0 Å². The molecule has 0 heteroatoms. The fourth-order valence-electron chi connectivity index (χ4n) is 1.59. The van der Waals surface area contributed by atoms with E-state index in [0.717, 1.165) is 0 Å². The first kappa shape index (κ1) is 14.2. The quantitative estimate of drug-likeness (QED) is 0.600. The smallest absolute Gasteiger partial charge is 0.0184 e. The Labute approximate surface area is 111 Å². The number of rotatable bonds is 3. The Morgan fingerprint density at radius 3 is 1.50 bits per heavy atom. The number of unbranched alkanes of at least 4 members (excludes halogenated alkanes) is 1. The van der Waals surface area contributed by atoms with Crippen LogP contribution in [0.2, 0.25) is 0 Å². The van der Waals surface area contributed by atoms with E-state index in [1.807, 2.05) is 12.1 Å².